The lowest BCUT2D eigenvalue weighted by atomic mass is 9.99. The topological polar surface area (TPSA) is 84.2 Å². The van der Waals surface area contributed by atoms with Crippen LogP contribution in [0.15, 0.2) is 59.5 Å². The maximum atomic E-state index is 13.1. The van der Waals surface area contributed by atoms with E-state index >= 15 is 0 Å². The van der Waals surface area contributed by atoms with Crippen molar-refractivity contribution in [1.29, 1.82) is 0 Å². The summed E-state index contributed by atoms with van der Waals surface area (Å²) >= 11 is 0. The Balaban J connectivity index is 1.47. The molecule has 0 bridgehead atoms. The summed E-state index contributed by atoms with van der Waals surface area (Å²) in [6.45, 7) is 6.09. The monoisotopic (exact) mass is 426 g/mol. The predicted molar refractivity (Wildman–Crippen MR) is 115 cm³/mol. The van der Waals surface area contributed by atoms with Crippen LogP contribution in [0.1, 0.15) is 31.7 Å². The van der Waals surface area contributed by atoms with E-state index in [9.17, 15) is 8.42 Å². The van der Waals surface area contributed by atoms with Gasteiger partial charge in [-0.15, -0.1) is 0 Å². The lowest BCUT2D eigenvalue weighted by molar-refractivity contribution is 0.381. The van der Waals surface area contributed by atoms with Crippen LogP contribution in [0.2, 0.25) is 0 Å². The molecule has 0 amide bonds. The number of piperazine rings is 1. The number of nitrogens with zero attached hydrogens (tertiary/aromatic N) is 6. The van der Waals surface area contributed by atoms with Gasteiger partial charge in [-0.25, -0.2) is 8.42 Å². The first-order valence-corrected chi connectivity index (χ1v) is 11.6. The van der Waals surface area contributed by atoms with Crippen molar-refractivity contribution in [2.45, 2.75) is 31.1 Å². The minimum Gasteiger partial charge on any atom is -0.337 e. The van der Waals surface area contributed by atoms with Gasteiger partial charge in [-0.2, -0.15) is 8.99 Å². The molecule has 1 aliphatic rings. The number of tetrazole rings is 1. The SMILES string of the molecule is CC[C@H](C)c1ccc(S(=O)(=O)N2CCN(c3nnnn3-c3ccccc3)CC2)cc1. The van der Waals surface area contributed by atoms with Crippen LogP contribution in [0, 0.1) is 0 Å². The molecule has 1 aromatic heterocycles. The summed E-state index contributed by atoms with van der Waals surface area (Å²) in [4.78, 5) is 2.36. The Labute approximate surface area is 177 Å². The number of rotatable bonds is 6. The van der Waals surface area contributed by atoms with Crippen LogP contribution in [0.4, 0.5) is 5.95 Å². The van der Waals surface area contributed by atoms with Crippen molar-refractivity contribution >= 4 is 16.0 Å². The summed E-state index contributed by atoms with van der Waals surface area (Å²) in [5.41, 5.74) is 2.03. The van der Waals surface area contributed by atoms with E-state index in [4.69, 9.17) is 0 Å². The molecule has 0 unspecified atom stereocenters. The highest BCUT2D eigenvalue weighted by atomic mass is 32.2. The fourth-order valence-electron chi connectivity index (χ4n) is 3.60. The van der Waals surface area contributed by atoms with Crippen molar-refractivity contribution in [3.8, 4) is 5.69 Å². The number of aromatic nitrogens is 4. The van der Waals surface area contributed by atoms with E-state index in [1.807, 2.05) is 47.4 Å². The zero-order valence-electron chi connectivity index (χ0n) is 17.2. The van der Waals surface area contributed by atoms with Crippen LogP contribution in [0.25, 0.3) is 5.69 Å². The highest BCUT2D eigenvalue weighted by Crippen LogP contribution is 2.24. The molecule has 9 heteroatoms. The molecule has 158 valence electrons. The van der Waals surface area contributed by atoms with Gasteiger partial charge in [-0.3, -0.25) is 0 Å². The van der Waals surface area contributed by atoms with Crippen LogP contribution in [-0.2, 0) is 10.0 Å². The molecule has 4 rings (SSSR count). The van der Waals surface area contributed by atoms with Crippen molar-refractivity contribution < 1.29 is 8.42 Å². The molecule has 0 aliphatic carbocycles. The standard InChI is InChI=1S/C21H26N6O2S/c1-3-17(2)18-9-11-20(12-10-18)30(28,29)26-15-13-25(14-16-26)21-22-23-24-27(21)19-7-5-4-6-8-19/h4-12,17H,3,13-16H2,1-2H3/t17-/m0/s1. The van der Waals surface area contributed by atoms with Crippen molar-refractivity contribution in [3.05, 3.63) is 60.2 Å². The van der Waals surface area contributed by atoms with Crippen molar-refractivity contribution in [3.63, 3.8) is 0 Å². The second-order valence-electron chi connectivity index (χ2n) is 7.50. The van der Waals surface area contributed by atoms with Crippen LogP contribution in [-0.4, -0.2) is 59.1 Å². The minimum atomic E-state index is -3.52. The molecule has 1 fully saturated rings. The van der Waals surface area contributed by atoms with Crippen LogP contribution >= 0.6 is 0 Å². The van der Waals surface area contributed by atoms with Crippen LogP contribution < -0.4 is 4.90 Å². The van der Waals surface area contributed by atoms with Crippen molar-refractivity contribution in [2.24, 2.45) is 0 Å². The maximum Gasteiger partial charge on any atom is 0.250 e. The number of anilines is 1. The maximum absolute atomic E-state index is 13.1. The third-order valence-electron chi connectivity index (χ3n) is 5.67. The molecule has 0 N–H and O–H groups in total. The largest absolute Gasteiger partial charge is 0.337 e. The average molecular weight is 427 g/mol. The first-order valence-electron chi connectivity index (χ1n) is 10.2. The molecule has 30 heavy (non-hydrogen) atoms. The van der Waals surface area contributed by atoms with E-state index in [1.165, 1.54) is 0 Å². The Kier molecular flexibility index (Phi) is 5.83. The smallest absolute Gasteiger partial charge is 0.250 e. The number of hydrogen-bond donors (Lipinski definition) is 0. The van der Waals surface area contributed by atoms with Gasteiger partial charge in [0.1, 0.15) is 0 Å². The lowest BCUT2D eigenvalue weighted by Crippen LogP contribution is -2.49. The van der Waals surface area contributed by atoms with Gasteiger partial charge < -0.3 is 4.90 Å². The van der Waals surface area contributed by atoms with E-state index in [0.717, 1.165) is 17.7 Å². The normalized spacial score (nSPS) is 16.5. The molecular formula is C21H26N6O2S. The number of para-hydroxylation sites is 1. The van der Waals surface area contributed by atoms with Gasteiger partial charge >= 0.3 is 0 Å². The second-order valence-corrected chi connectivity index (χ2v) is 9.43. The summed E-state index contributed by atoms with van der Waals surface area (Å²) in [5, 5.41) is 12.1. The van der Waals surface area contributed by atoms with Gasteiger partial charge in [0.15, 0.2) is 0 Å². The summed E-state index contributed by atoms with van der Waals surface area (Å²) < 4.78 is 29.4. The molecule has 1 atom stereocenters. The van der Waals surface area contributed by atoms with Gasteiger partial charge in [0.2, 0.25) is 16.0 Å². The predicted octanol–water partition coefficient (Wildman–Crippen LogP) is 2.69. The zero-order chi connectivity index (χ0) is 21.1. The molecule has 0 spiro atoms. The van der Waals surface area contributed by atoms with E-state index < -0.39 is 10.0 Å². The van der Waals surface area contributed by atoms with Gasteiger partial charge in [-0.1, -0.05) is 49.3 Å². The van der Waals surface area contributed by atoms with Gasteiger partial charge in [0, 0.05) is 26.2 Å². The Morgan fingerprint density at radius 1 is 0.967 bits per heavy atom. The van der Waals surface area contributed by atoms with Crippen molar-refractivity contribution in [2.75, 3.05) is 31.1 Å². The number of benzene rings is 2. The molecule has 0 saturated carbocycles. The molecular weight excluding hydrogens is 400 g/mol. The Morgan fingerprint density at radius 2 is 1.63 bits per heavy atom. The van der Waals surface area contributed by atoms with Gasteiger partial charge in [0.05, 0.1) is 10.6 Å². The molecule has 3 aromatic rings. The highest BCUT2D eigenvalue weighted by Gasteiger charge is 2.30. The number of sulfonamides is 1. The van der Waals surface area contributed by atoms with Crippen LogP contribution in [0.3, 0.4) is 0 Å². The Morgan fingerprint density at radius 3 is 2.27 bits per heavy atom. The number of hydrogen-bond acceptors (Lipinski definition) is 6. The molecule has 2 aromatic carbocycles. The summed E-state index contributed by atoms with van der Waals surface area (Å²) in [6, 6.07) is 16.9. The van der Waals surface area contributed by atoms with Crippen molar-refractivity contribution in [1.82, 2.24) is 24.5 Å². The van der Waals surface area contributed by atoms with Crippen LogP contribution in [0.5, 0.6) is 0 Å². The molecule has 8 nitrogen and oxygen atoms in total. The zero-order valence-corrected chi connectivity index (χ0v) is 18.0. The lowest BCUT2D eigenvalue weighted by Gasteiger charge is -2.34. The first-order chi connectivity index (χ1) is 14.5. The average Bonchev–Trinajstić information content (AvgIpc) is 3.29. The van der Waals surface area contributed by atoms with E-state index in [-0.39, 0.29) is 0 Å². The fraction of sp³-hybridized carbons (Fsp3) is 0.381. The molecule has 0 radical (unpaired) electrons. The molecule has 1 aliphatic heterocycles. The Hall–Kier alpha value is -2.78. The Bertz CT molecular complexity index is 1070. The molecule has 2 heterocycles. The summed E-state index contributed by atoms with van der Waals surface area (Å²) in [6.07, 6.45) is 1.02. The quantitative estimate of drug-likeness (QED) is 0.603. The van der Waals surface area contributed by atoms with E-state index in [1.54, 1.807) is 21.1 Å². The minimum absolute atomic E-state index is 0.345. The second kappa shape index (κ2) is 8.53. The van der Waals surface area contributed by atoms with E-state index in [0.29, 0.717) is 42.9 Å². The first kappa shape index (κ1) is 20.5. The van der Waals surface area contributed by atoms with Gasteiger partial charge in [-0.05, 0) is 52.6 Å². The molecule has 1 saturated heterocycles. The third-order valence-corrected chi connectivity index (χ3v) is 7.59. The van der Waals surface area contributed by atoms with E-state index in [2.05, 4.69) is 29.4 Å². The fourth-order valence-corrected chi connectivity index (χ4v) is 5.02. The van der Waals surface area contributed by atoms with Gasteiger partial charge in [0.25, 0.3) is 0 Å². The summed E-state index contributed by atoms with van der Waals surface area (Å²) in [5.74, 6) is 1.04. The summed E-state index contributed by atoms with van der Waals surface area (Å²) in [7, 11) is -3.52. The third kappa shape index (κ3) is 3.95. The highest BCUT2D eigenvalue weighted by molar-refractivity contribution is 7.89.